The summed E-state index contributed by atoms with van der Waals surface area (Å²) in [4.78, 5) is 12.1. The highest BCUT2D eigenvalue weighted by atomic mass is 32.2. The minimum absolute atomic E-state index is 0.0285. The Morgan fingerprint density at radius 1 is 1.43 bits per heavy atom. The molecule has 0 spiro atoms. The summed E-state index contributed by atoms with van der Waals surface area (Å²) in [6.07, 6.45) is 2.50. The molecular weight excluding hydrogens is 321 g/mol. The van der Waals surface area contributed by atoms with Crippen molar-refractivity contribution in [3.8, 4) is 0 Å². The van der Waals surface area contributed by atoms with Crippen molar-refractivity contribution in [2.24, 2.45) is 0 Å². The van der Waals surface area contributed by atoms with Crippen LogP contribution in [0.4, 0.5) is 10.1 Å². The van der Waals surface area contributed by atoms with Crippen LogP contribution in [0.1, 0.15) is 36.5 Å². The quantitative estimate of drug-likeness (QED) is 0.699. The summed E-state index contributed by atoms with van der Waals surface area (Å²) in [5, 5.41) is 5.91. The highest BCUT2D eigenvalue weighted by Gasteiger charge is 2.18. The summed E-state index contributed by atoms with van der Waals surface area (Å²) in [6, 6.07) is 3.82. The van der Waals surface area contributed by atoms with E-state index >= 15 is 0 Å². The van der Waals surface area contributed by atoms with Crippen molar-refractivity contribution in [3.63, 3.8) is 0 Å². The molecule has 0 aromatic heterocycles. The van der Waals surface area contributed by atoms with Crippen molar-refractivity contribution in [1.29, 1.82) is 0 Å². The second-order valence-corrected chi connectivity index (χ2v) is 7.46. The van der Waals surface area contributed by atoms with Crippen LogP contribution < -0.4 is 15.4 Å². The number of hydrogen-bond acceptors (Lipinski definition) is 4. The third-order valence-corrected chi connectivity index (χ3v) is 5.12. The summed E-state index contributed by atoms with van der Waals surface area (Å²) < 4.78 is 39.7. The molecule has 0 aliphatic carbocycles. The molecule has 1 heterocycles. The van der Waals surface area contributed by atoms with E-state index in [2.05, 4.69) is 15.4 Å². The molecule has 1 aliphatic heterocycles. The number of anilines is 1. The van der Waals surface area contributed by atoms with Crippen LogP contribution in [0.2, 0.25) is 0 Å². The molecule has 0 bridgehead atoms. The number of halogens is 1. The predicted octanol–water partition coefficient (Wildman–Crippen LogP) is 1.46. The van der Waals surface area contributed by atoms with Gasteiger partial charge in [-0.2, -0.15) is 0 Å². The van der Waals surface area contributed by atoms with E-state index in [1.807, 2.05) is 0 Å². The van der Waals surface area contributed by atoms with Crippen LogP contribution in [0.15, 0.2) is 18.2 Å². The van der Waals surface area contributed by atoms with Crippen LogP contribution in [0, 0.1) is 5.82 Å². The first-order valence-corrected chi connectivity index (χ1v) is 9.38. The minimum Gasteiger partial charge on any atom is -0.350 e. The van der Waals surface area contributed by atoms with Gasteiger partial charge in [-0.05, 0) is 44.0 Å². The Morgan fingerprint density at radius 2 is 2.22 bits per heavy atom. The van der Waals surface area contributed by atoms with Crippen molar-refractivity contribution in [3.05, 3.63) is 29.6 Å². The van der Waals surface area contributed by atoms with Crippen molar-refractivity contribution < 1.29 is 17.6 Å². The summed E-state index contributed by atoms with van der Waals surface area (Å²) in [6.45, 7) is 3.09. The van der Waals surface area contributed by atoms with E-state index in [1.54, 1.807) is 6.92 Å². The number of sulfonamides is 1. The van der Waals surface area contributed by atoms with E-state index in [-0.39, 0.29) is 23.0 Å². The topological polar surface area (TPSA) is 87.3 Å². The first kappa shape index (κ1) is 17.7. The average Bonchev–Trinajstić information content (AvgIpc) is 2.99. The third-order valence-electron chi connectivity index (χ3n) is 3.63. The first-order chi connectivity index (χ1) is 10.9. The predicted molar refractivity (Wildman–Crippen MR) is 87.5 cm³/mol. The zero-order valence-electron chi connectivity index (χ0n) is 13.1. The van der Waals surface area contributed by atoms with Gasteiger partial charge >= 0.3 is 0 Å². The fourth-order valence-corrected chi connectivity index (χ4v) is 3.63. The molecule has 1 unspecified atom stereocenters. The Bertz CT molecular complexity index is 658. The number of rotatable bonds is 7. The molecule has 128 valence electrons. The van der Waals surface area contributed by atoms with E-state index in [4.69, 9.17) is 0 Å². The average molecular weight is 343 g/mol. The largest absolute Gasteiger partial charge is 0.350 e. The van der Waals surface area contributed by atoms with E-state index in [0.29, 0.717) is 13.0 Å². The zero-order valence-corrected chi connectivity index (χ0v) is 13.9. The number of nitrogens with one attached hydrogen (secondary N) is 3. The molecule has 8 heteroatoms. The molecule has 1 aromatic rings. The maximum absolute atomic E-state index is 13.8. The van der Waals surface area contributed by atoms with Gasteiger partial charge in [-0.3, -0.25) is 9.52 Å². The smallest absolute Gasteiger partial charge is 0.254 e. The van der Waals surface area contributed by atoms with Gasteiger partial charge in [0, 0.05) is 18.3 Å². The van der Waals surface area contributed by atoms with Gasteiger partial charge in [-0.25, -0.2) is 12.8 Å². The second-order valence-electron chi connectivity index (χ2n) is 5.62. The Labute approximate surface area is 135 Å². The number of amides is 1. The van der Waals surface area contributed by atoms with Crippen molar-refractivity contribution in [2.45, 2.75) is 32.2 Å². The molecule has 0 radical (unpaired) electrons. The third kappa shape index (κ3) is 5.18. The van der Waals surface area contributed by atoms with Gasteiger partial charge in [0.25, 0.3) is 5.91 Å². The zero-order chi connectivity index (χ0) is 16.9. The lowest BCUT2D eigenvalue weighted by Crippen LogP contribution is -2.37. The lowest BCUT2D eigenvalue weighted by atomic mass is 10.1. The maximum Gasteiger partial charge on any atom is 0.254 e. The normalized spacial score (nSPS) is 17.9. The van der Waals surface area contributed by atoms with E-state index < -0.39 is 21.7 Å². The Hall–Kier alpha value is -1.67. The van der Waals surface area contributed by atoms with Gasteiger partial charge in [0.15, 0.2) is 0 Å². The maximum atomic E-state index is 13.8. The molecule has 6 nitrogen and oxygen atoms in total. The summed E-state index contributed by atoms with van der Waals surface area (Å²) >= 11 is 0. The van der Waals surface area contributed by atoms with Crippen LogP contribution in [-0.2, 0) is 10.0 Å². The number of hydrogen-bond donors (Lipinski definition) is 3. The van der Waals surface area contributed by atoms with E-state index in [9.17, 15) is 17.6 Å². The highest BCUT2D eigenvalue weighted by molar-refractivity contribution is 7.92. The lowest BCUT2D eigenvalue weighted by Gasteiger charge is -2.13. The van der Waals surface area contributed by atoms with Gasteiger partial charge in [-0.1, -0.05) is 6.92 Å². The van der Waals surface area contributed by atoms with Gasteiger partial charge in [0.1, 0.15) is 5.82 Å². The monoisotopic (exact) mass is 343 g/mol. The number of carbonyl (C=O) groups is 1. The van der Waals surface area contributed by atoms with Crippen LogP contribution in [0.5, 0.6) is 0 Å². The molecule has 1 atom stereocenters. The molecule has 3 N–H and O–H groups in total. The van der Waals surface area contributed by atoms with Gasteiger partial charge in [-0.15, -0.1) is 0 Å². The standard InChI is InChI=1S/C15H22FN3O3S/c1-2-8-23(21,22)19-11-5-6-14(16)13(9-11)15(20)18-10-12-4-3-7-17-12/h5-6,9,12,17,19H,2-4,7-8,10H2,1H3,(H,18,20). The molecule has 1 aliphatic rings. The van der Waals surface area contributed by atoms with Crippen LogP contribution in [-0.4, -0.2) is 39.2 Å². The molecular formula is C15H22FN3O3S. The number of carbonyl (C=O) groups excluding carboxylic acids is 1. The molecule has 1 aromatic carbocycles. The van der Waals surface area contributed by atoms with Crippen LogP contribution >= 0.6 is 0 Å². The van der Waals surface area contributed by atoms with Gasteiger partial charge < -0.3 is 10.6 Å². The molecule has 1 fully saturated rings. The fraction of sp³-hybridized carbons (Fsp3) is 0.533. The molecule has 1 saturated heterocycles. The Morgan fingerprint density at radius 3 is 2.87 bits per heavy atom. The second kappa shape index (κ2) is 7.74. The fourth-order valence-electron chi connectivity index (χ4n) is 2.50. The first-order valence-electron chi connectivity index (χ1n) is 7.73. The van der Waals surface area contributed by atoms with Crippen LogP contribution in [0.3, 0.4) is 0 Å². The van der Waals surface area contributed by atoms with Crippen molar-refractivity contribution in [1.82, 2.24) is 10.6 Å². The highest BCUT2D eigenvalue weighted by Crippen LogP contribution is 2.16. The van der Waals surface area contributed by atoms with E-state index in [1.165, 1.54) is 12.1 Å². The van der Waals surface area contributed by atoms with Crippen molar-refractivity contribution >= 4 is 21.6 Å². The van der Waals surface area contributed by atoms with E-state index in [0.717, 1.165) is 25.5 Å². The SMILES string of the molecule is CCCS(=O)(=O)Nc1ccc(F)c(C(=O)NCC2CCCN2)c1. The molecule has 2 rings (SSSR count). The number of benzene rings is 1. The lowest BCUT2D eigenvalue weighted by molar-refractivity contribution is 0.0946. The molecule has 1 amide bonds. The Balaban J connectivity index is 2.05. The summed E-state index contributed by atoms with van der Waals surface area (Å²) in [5.41, 5.74) is 0.0173. The van der Waals surface area contributed by atoms with Gasteiger partial charge in [0.05, 0.1) is 11.3 Å². The summed E-state index contributed by atoms with van der Waals surface area (Å²) in [7, 11) is -3.48. The van der Waals surface area contributed by atoms with Gasteiger partial charge in [0.2, 0.25) is 10.0 Å². The van der Waals surface area contributed by atoms with Crippen LogP contribution in [0.25, 0.3) is 0 Å². The minimum atomic E-state index is -3.48. The molecule has 23 heavy (non-hydrogen) atoms. The van der Waals surface area contributed by atoms with Crippen molar-refractivity contribution in [2.75, 3.05) is 23.6 Å². The molecule has 0 saturated carbocycles. The Kier molecular flexibility index (Phi) is 5.95. The summed E-state index contributed by atoms with van der Waals surface area (Å²) in [5.74, 6) is -1.26.